The van der Waals surface area contributed by atoms with Crippen molar-refractivity contribution in [3.8, 4) is 11.3 Å². The molecule has 0 atom stereocenters. The highest BCUT2D eigenvalue weighted by molar-refractivity contribution is 6.04. The molecule has 1 aromatic heterocycles. The molecule has 0 saturated carbocycles. The van der Waals surface area contributed by atoms with Gasteiger partial charge in [0.25, 0.3) is 5.91 Å². The van der Waals surface area contributed by atoms with Gasteiger partial charge in [-0.05, 0) is 43.7 Å². The van der Waals surface area contributed by atoms with E-state index >= 15 is 0 Å². The highest BCUT2D eigenvalue weighted by Crippen LogP contribution is 2.21. The minimum atomic E-state index is -0.169. The van der Waals surface area contributed by atoms with Crippen molar-refractivity contribution >= 4 is 17.5 Å². The summed E-state index contributed by atoms with van der Waals surface area (Å²) >= 11 is 0. The molecule has 34 heavy (non-hydrogen) atoms. The third-order valence-electron chi connectivity index (χ3n) is 5.44. The van der Waals surface area contributed by atoms with Gasteiger partial charge in [-0.25, -0.2) is 4.98 Å². The summed E-state index contributed by atoms with van der Waals surface area (Å²) in [6.45, 7) is 4.38. The van der Waals surface area contributed by atoms with E-state index in [9.17, 15) is 9.59 Å². The number of nitrogens with zero attached hydrogens (tertiary/aromatic N) is 1. The Labute approximate surface area is 199 Å². The van der Waals surface area contributed by atoms with E-state index in [1.54, 1.807) is 18.3 Å². The van der Waals surface area contributed by atoms with Crippen LogP contribution in [0.15, 0.2) is 83.4 Å². The average Bonchev–Trinajstić information content (AvgIpc) is 3.31. The molecule has 0 spiro atoms. The van der Waals surface area contributed by atoms with Crippen molar-refractivity contribution in [2.75, 3.05) is 5.32 Å². The van der Waals surface area contributed by atoms with Crippen molar-refractivity contribution in [3.63, 3.8) is 0 Å². The number of hydrogen-bond donors (Lipinski definition) is 2. The summed E-state index contributed by atoms with van der Waals surface area (Å²) in [7, 11) is 0. The van der Waals surface area contributed by atoms with E-state index < -0.39 is 0 Å². The second kappa shape index (κ2) is 10.6. The van der Waals surface area contributed by atoms with Gasteiger partial charge in [0.05, 0.1) is 6.20 Å². The summed E-state index contributed by atoms with van der Waals surface area (Å²) < 4.78 is 5.79. The fraction of sp³-hybridized carbons (Fsp3) is 0.179. The fourth-order valence-corrected chi connectivity index (χ4v) is 3.45. The predicted octanol–water partition coefficient (Wildman–Crippen LogP) is 5.46. The number of amides is 2. The smallest absolute Gasteiger partial charge is 0.255 e. The fourth-order valence-electron chi connectivity index (χ4n) is 3.45. The van der Waals surface area contributed by atoms with Gasteiger partial charge in [-0.2, -0.15) is 0 Å². The zero-order valence-electron chi connectivity index (χ0n) is 19.3. The van der Waals surface area contributed by atoms with Crippen molar-refractivity contribution in [2.24, 2.45) is 0 Å². The number of rotatable bonds is 8. The minimum Gasteiger partial charge on any atom is -0.441 e. The van der Waals surface area contributed by atoms with E-state index in [-0.39, 0.29) is 18.2 Å². The van der Waals surface area contributed by atoms with Gasteiger partial charge in [0.1, 0.15) is 0 Å². The number of aryl methyl sites for hydroxylation is 3. The number of oxazole rings is 1. The van der Waals surface area contributed by atoms with Gasteiger partial charge < -0.3 is 15.1 Å². The molecule has 0 fully saturated rings. The van der Waals surface area contributed by atoms with Crippen LogP contribution in [0.3, 0.4) is 0 Å². The first-order valence-electron chi connectivity index (χ1n) is 11.2. The molecular formula is C28H27N3O3. The van der Waals surface area contributed by atoms with E-state index in [1.807, 2.05) is 74.5 Å². The Balaban J connectivity index is 1.26. The lowest BCUT2D eigenvalue weighted by molar-refractivity contribution is -0.121. The van der Waals surface area contributed by atoms with Crippen molar-refractivity contribution in [1.82, 2.24) is 10.3 Å². The summed E-state index contributed by atoms with van der Waals surface area (Å²) in [6, 6.07) is 22.9. The molecule has 2 N–H and O–H groups in total. The van der Waals surface area contributed by atoms with Crippen molar-refractivity contribution in [2.45, 2.75) is 33.2 Å². The van der Waals surface area contributed by atoms with Crippen LogP contribution in [0, 0.1) is 13.8 Å². The summed E-state index contributed by atoms with van der Waals surface area (Å²) in [5, 5.41) is 5.81. The summed E-state index contributed by atoms with van der Waals surface area (Å²) in [5.41, 5.74) is 5.42. The van der Waals surface area contributed by atoms with E-state index in [1.165, 1.54) is 5.56 Å². The van der Waals surface area contributed by atoms with Gasteiger partial charge in [-0.1, -0.05) is 59.7 Å². The van der Waals surface area contributed by atoms with E-state index in [2.05, 4.69) is 15.6 Å². The summed E-state index contributed by atoms with van der Waals surface area (Å²) in [6.07, 6.45) is 2.39. The van der Waals surface area contributed by atoms with Crippen molar-refractivity contribution in [1.29, 1.82) is 0 Å². The van der Waals surface area contributed by atoms with Crippen LogP contribution in [0.4, 0.5) is 5.69 Å². The van der Waals surface area contributed by atoms with Gasteiger partial charge in [0.2, 0.25) is 5.91 Å². The van der Waals surface area contributed by atoms with E-state index in [4.69, 9.17) is 4.42 Å². The standard InChI is InChI=1S/C28H27N3O3/c1-19-6-10-22(11-7-19)25-18-30-27(34-25)15-14-26(32)29-17-21-4-3-5-24(16-21)31-28(33)23-12-8-20(2)9-13-23/h3-13,16,18H,14-15,17H2,1-2H3,(H,29,32)(H,31,33). The Bertz CT molecular complexity index is 1280. The van der Waals surface area contributed by atoms with Crippen LogP contribution in [0.25, 0.3) is 11.3 Å². The zero-order valence-corrected chi connectivity index (χ0v) is 19.3. The lowest BCUT2D eigenvalue weighted by atomic mass is 10.1. The highest BCUT2D eigenvalue weighted by Gasteiger charge is 2.10. The maximum atomic E-state index is 12.4. The second-order valence-corrected chi connectivity index (χ2v) is 8.28. The molecule has 0 radical (unpaired) electrons. The lowest BCUT2D eigenvalue weighted by Gasteiger charge is -2.09. The molecule has 4 aromatic rings. The normalized spacial score (nSPS) is 10.6. The number of carbonyl (C=O) groups excluding carboxylic acids is 2. The van der Waals surface area contributed by atoms with Crippen LogP contribution < -0.4 is 10.6 Å². The molecule has 6 nitrogen and oxygen atoms in total. The quantitative estimate of drug-likeness (QED) is 0.371. The molecule has 0 aliphatic rings. The Morgan fingerprint density at radius 1 is 0.912 bits per heavy atom. The maximum absolute atomic E-state index is 12.4. The first-order valence-corrected chi connectivity index (χ1v) is 11.2. The largest absolute Gasteiger partial charge is 0.441 e. The SMILES string of the molecule is Cc1ccc(C(=O)Nc2cccc(CNC(=O)CCc3ncc(-c4ccc(C)cc4)o3)c2)cc1. The highest BCUT2D eigenvalue weighted by atomic mass is 16.4. The third kappa shape index (κ3) is 6.19. The first-order chi connectivity index (χ1) is 16.5. The molecule has 0 aliphatic heterocycles. The number of aromatic nitrogens is 1. The van der Waals surface area contributed by atoms with Crippen LogP contribution in [0.5, 0.6) is 0 Å². The molecule has 0 aliphatic carbocycles. The van der Waals surface area contributed by atoms with Gasteiger partial charge in [0, 0.05) is 36.2 Å². The number of benzene rings is 3. The third-order valence-corrected chi connectivity index (χ3v) is 5.44. The molecule has 172 valence electrons. The van der Waals surface area contributed by atoms with E-state index in [0.717, 1.165) is 16.7 Å². The van der Waals surface area contributed by atoms with Crippen LogP contribution in [0.1, 0.15) is 39.4 Å². The Hall–Kier alpha value is -4.19. The average molecular weight is 454 g/mol. The molecular weight excluding hydrogens is 426 g/mol. The molecule has 2 amide bonds. The van der Waals surface area contributed by atoms with Crippen molar-refractivity contribution in [3.05, 3.63) is 107 Å². The maximum Gasteiger partial charge on any atom is 0.255 e. The molecule has 0 bridgehead atoms. The van der Waals surface area contributed by atoms with Crippen molar-refractivity contribution < 1.29 is 14.0 Å². The molecule has 1 heterocycles. The van der Waals surface area contributed by atoms with Gasteiger partial charge in [0.15, 0.2) is 11.7 Å². The predicted molar refractivity (Wildman–Crippen MR) is 132 cm³/mol. The number of nitrogens with one attached hydrogen (secondary N) is 2. The number of carbonyl (C=O) groups is 2. The molecule has 6 heteroatoms. The second-order valence-electron chi connectivity index (χ2n) is 8.28. The van der Waals surface area contributed by atoms with Crippen LogP contribution in [-0.4, -0.2) is 16.8 Å². The molecule has 3 aromatic carbocycles. The molecule has 0 unspecified atom stereocenters. The van der Waals surface area contributed by atoms with Crippen LogP contribution >= 0.6 is 0 Å². The number of hydrogen-bond acceptors (Lipinski definition) is 4. The van der Waals surface area contributed by atoms with Gasteiger partial charge in [-0.15, -0.1) is 0 Å². The Morgan fingerprint density at radius 3 is 2.35 bits per heavy atom. The molecule has 0 saturated heterocycles. The van der Waals surface area contributed by atoms with Crippen LogP contribution in [-0.2, 0) is 17.8 Å². The Morgan fingerprint density at radius 2 is 1.62 bits per heavy atom. The molecule has 4 rings (SSSR count). The van der Waals surface area contributed by atoms with Gasteiger partial charge >= 0.3 is 0 Å². The topological polar surface area (TPSA) is 84.2 Å². The zero-order chi connectivity index (χ0) is 23.9. The van der Waals surface area contributed by atoms with E-state index in [0.29, 0.717) is 35.9 Å². The monoisotopic (exact) mass is 453 g/mol. The minimum absolute atomic E-state index is 0.0934. The summed E-state index contributed by atoms with van der Waals surface area (Å²) in [4.78, 5) is 29.1. The lowest BCUT2D eigenvalue weighted by Crippen LogP contribution is -2.23. The summed E-state index contributed by atoms with van der Waals surface area (Å²) in [5.74, 6) is 0.966. The Kier molecular flexibility index (Phi) is 7.18. The number of anilines is 1. The van der Waals surface area contributed by atoms with Crippen LogP contribution in [0.2, 0.25) is 0 Å². The first kappa shape index (κ1) is 23.0. The van der Waals surface area contributed by atoms with Gasteiger partial charge in [-0.3, -0.25) is 9.59 Å².